The van der Waals surface area contributed by atoms with Crippen LogP contribution in [0.4, 0.5) is 0 Å². The standard InChI is InChI=1S/C82H139NO8/c1-6-8-10-12-14-16-18-20-22-24-26-28-30-32-33-34-35-36-37-38-39-40-41-42-43-44-45-46-47-49-51-53-55-57-59-61-63-65-67-69-71-73-80(85)91-78(77-90-82(81(86)87)88-75-74-83(3,4)5)76-89-79(84)72-70-68-66-64-62-60-58-56-54-52-50-48-31-29-27-25-23-21-19-17-15-13-11-9-7-2/h8,10,14,16,20,22,25-28,32-33,35-36,38-39,41-42,44-45,47,49,78,82H,6-7,9,11-13,15,17-19,21,23-24,29-31,34,37,40,43,46,48,50-77H2,1-5H3/b10-8-,16-14-,22-20-,27-25-,28-26-,33-32-,36-35-,39-38-,42-41-,45-44-,49-47-. The van der Waals surface area contributed by atoms with Crippen molar-refractivity contribution < 1.29 is 42.9 Å². The Morgan fingerprint density at radius 1 is 0.341 bits per heavy atom. The Hall–Kier alpha value is -4.57. The molecule has 0 spiro atoms. The molecule has 0 heterocycles. The van der Waals surface area contributed by atoms with E-state index in [1.165, 1.54) is 167 Å². The number of ether oxygens (including phenoxy) is 4. The molecular formula is C82H139NO8. The maximum absolute atomic E-state index is 13.0. The molecular weight excluding hydrogens is 1130 g/mol. The fraction of sp³-hybridized carbons (Fsp3) is 0.695. The van der Waals surface area contributed by atoms with Gasteiger partial charge < -0.3 is 33.3 Å². The van der Waals surface area contributed by atoms with Crippen LogP contribution in [-0.2, 0) is 33.3 Å². The highest BCUT2D eigenvalue weighted by molar-refractivity contribution is 5.70. The second kappa shape index (κ2) is 71.3. The van der Waals surface area contributed by atoms with Crippen molar-refractivity contribution in [2.45, 2.75) is 322 Å². The van der Waals surface area contributed by atoms with Crippen molar-refractivity contribution in [1.29, 1.82) is 0 Å². The summed E-state index contributed by atoms with van der Waals surface area (Å²) in [6.07, 6.45) is 99.7. The molecule has 0 saturated carbocycles. The average Bonchev–Trinajstić information content (AvgIpc) is 3.53. The Balaban J connectivity index is 4.12. The van der Waals surface area contributed by atoms with Gasteiger partial charge in [-0.15, -0.1) is 0 Å². The van der Waals surface area contributed by atoms with E-state index in [-0.39, 0.29) is 38.6 Å². The summed E-state index contributed by atoms with van der Waals surface area (Å²) in [6, 6.07) is 0. The number of carbonyl (C=O) groups is 3. The first-order valence-corrected chi connectivity index (χ1v) is 37.3. The van der Waals surface area contributed by atoms with E-state index in [4.69, 9.17) is 18.9 Å². The average molecular weight is 1270 g/mol. The molecule has 0 fully saturated rings. The maximum Gasteiger partial charge on any atom is 0.306 e. The van der Waals surface area contributed by atoms with E-state index < -0.39 is 24.3 Å². The summed E-state index contributed by atoms with van der Waals surface area (Å²) in [5.74, 6) is -2.29. The van der Waals surface area contributed by atoms with Gasteiger partial charge in [-0.1, -0.05) is 314 Å². The minimum absolute atomic E-state index is 0.142. The van der Waals surface area contributed by atoms with Gasteiger partial charge in [0.1, 0.15) is 13.2 Å². The maximum atomic E-state index is 13.0. The second-order valence-electron chi connectivity index (χ2n) is 25.9. The molecule has 91 heavy (non-hydrogen) atoms. The van der Waals surface area contributed by atoms with Crippen molar-refractivity contribution >= 4 is 17.9 Å². The molecule has 520 valence electrons. The topological polar surface area (TPSA) is 111 Å². The first kappa shape index (κ1) is 86.4. The largest absolute Gasteiger partial charge is 0.545 e. The van der Waals surface area contributed by atoms with E-state index in [0.29, 0.717) is 17.4 Å². The van der Waals surface area contributed by atoms with Crippen LogP contribution in [0.1, 0.15) is 309 Å². The molecule has 2 atom stereocenters. The Morgan fingerprint density at radius 2 is 0.626 bits per heavy atom. The van der Waals surface area contributed by atoms with Crippen LogP contribution in [0.3, 0.4) is 0 Å². The molecule has 0 aliphatic rings. The van der Waals surface area contributed by atoms with Gasteiger partial charge in [-0.2, -0.15) is 0 Å². The van der Waals surface area contributed by atoms with Gasteiger partial charge in [-0.3, -0.25) is 9.59 Å². The third-order valence-corrected chi connectivity index (χ3v) is 15.9. The number of likely N-dealkylation sites (N-methyl/N-ethyl adjacent to an activating group) is 1. The summed E-state index contributed by atoms with van der Waals surface area (Å²) in [5.41, 5.74) is 0. The lowest BCUT2D eigenvalue weighted by Gasteiger charge is -2.26. The number of esters is 2. The van der Waals surface area contributed by atoms with E-state index in [1.807, 2.05) is 21.1 Å². The zero-order valence-electron chi connectivity index (χ0n) is 59.4. The Morgan fingerprint density at radius 3 is 0.945 bits per heavy atom. The molecule has 0 aromatic heterocycles. The van der Waals surface area contributed by atoms with Crippen LogP contribution in [0.2, 0.25) is 0 Å². The van der Waals surface area contributed by atoms with Crippen LogP contribution in [0, 0.1) is 0 Å². The lowest BCUT2D eigenvalue weighted by molar-refractivity contribution is -0.870. The molecule has 0 saturated heterocycles. The number of unbranched alkanes of at least 4 members (excludes halogenated alkanes) is 31. The summed E-state index contributed by atoms with van der Waals surface area (Å²) in [7, 11) is 5.93. The van der Waals surface area contributed by atoms with E-state index in [1.54, 1.807) is 0 Å². The fourth-order valence-corrected chi connectivity index (χ4v) is 10.2. The zero-order chi connectivity index (χ0) is 66.1. The summed E-state index contributed by atoms with van der Waals surface area (Å²) in [5, 5.41) is 11.8. The summed E-state index contributed by atoms with van der Waals surface area (Å²) in [4.78, 5) is 37.5. The lowest BCUT2D eigenvalue weighted by atomic mass is 10.0. The number of hydrogen-bond donors (Lipinski definition) is 0. The molecule has 0 N–H and O–H groups in total. The van der Waals surface area contributed by atoms with Crippen LogP contribution < -0.4 is 5.11 Å². The van der Waals surface area contributed by atoms with E-state index in [2.05, 4.69) is 148 Å². The van der Waals surface area contributed by atoms with Crippen LogP contribution >= 0.6 is 0 Å². The molecule has 0 radical (unpaired) electrons. The number of allylic oxidation sites excluding steroid dienone is 22. The van der Waals surface area contributed by atoms with Crippen LogP contribution in [0.25, 0.3) is 0 Å². The molecule has 0 amide bonds. The number of quaternary nitrogens is 1. The van der Waals surface area contributed by atoms with Crippen LogP contribution in [0.15, 0.2) is 134 Å². The predicted octanol–water partition coefficient (Wildman–Crippen LogP) is 22.4. The van der Waals surface area contributed by atoms with Crippen LogP contribution in [-0.4, -0.2) is 82.3 Å². The summed E-state index contributed by atoms with van der Waals surface area (Å²) >= 11 is 0. The summed E-state index contributed by atoms with van der Waals surface area (Å²) < 4.78 is 22.8. The number of carboxylic acid groups (broad SMARTS) is 1. The molecule has 0 aromatic rings. The monoisotopic (exact) mass is 1270 g/mol. The second-order valence-corrected chi connectivity index (χ2v) is 25.9. The summed E-state index contributed by atoms with van der Waals surface area (Å²) in [6.45, 7) is 4.65. The number of carboxylic acids is 1. The van der Waals surface area contributed by atoms with Gasteiger partial charge in [0.15, 0.2) is 12.4 Å². The molecule has 0 aliphatic heterocycles. The molecule has 0 aliphatic carbocycles. The highest BCUT2D eigenvalue weighted by Gasteiger charge is 2.22. The highest BCUT2D eigenvalue weighted by Crippen LogP contribution is 2.17. The lowest BCUT2D eigenvalue weighted by Crippen LogP contribution is -2.44. The fourth-order valence-electron chi connectivity index (χ4n) is 10.2. The first-order valence-electron chi connectivity index (χ1n) is 37.3. The van der Waals surface area contributed by atoms with Crippen LogP contribution in [0.5, 0.6) is 0 Å². The van der Waals surface area contributed by atoms with Crippen molar-refractivity contribution in [1.82, 2.24) is 0 Å². The Kier molecular flexibility index (Phi) is 67.7. The van der Waals surface area contributed by atoms with Gasteiger partial charge >= 0.3 is 11.9 Å². The highest BCUT2D eigenvalue weighted by atomic mass is 16.7. The van der Waals surface area contributed by atoms with Gasteiger partial charge in [0.05, 0.1) is 40.3 Å². The number of aliphatic carboxylic acids is 1. The van der Waals surface area contributed by atoms with Gasteiger partial charge in [0.2, 0.25) is 0 Å². The molecule has 2 unspecified atom stereocenters. The molecule has 9 heteroatoms. The van der Waals surface area contributed by atoms with E-state index >= 15 is 0 Å². The van der Waals surface area contributed by atoms with Gasteiger partial charge in [0, 0.05) is 12.8 Å². The molecule has 0 aromatic carbocycles. The van der Waals surface area contributed by atoms with Gasteiger partial charge in [0.25, 0.3) is 0 Å². The van der Waals surface area contributed by atoms with Crippen molar-refractivity contribution in [3.05, 3.63) is 134 Å². The Bertz CT molecular complexity index is 1960. The third-order valence-electron chi connectivity index (χ3n) is 15.9. The first-order chi connectivity index (χ1) is 44.6. The number of hydrogen-bond acceptors (Lipinski definition) is 8. The third kappa shape index (κ3) is 72.7. The quantitative estimate of drug-likeness (QED) is 0.0195. The van der Waals surface area contributed by atoms with Crippen molar-refractivity contribution in [2.75, 3.05) is 47.5 Å². The molecule has 9 nitrogen and oxygen atoms in total. The van der Waals surface area contributed by atoms with Crippen molar-refractivity contribution in [2.24, 2.45) is 0 Å². The predicted molar refractivity (Wildman–Crippen MR) is 389 cm³/mol. The van der Waals surface area contributed by atoms with Gasteiger partial charge in [-0.05, 0) is 116 Å². The smallest absolute Gasteiger partial charge is 0.306 e. The molecule has 0 bridgehead atoms. The van der Waals surface area contributed by atoms with Crippen molar-refractivity contribution in [3.63, 3.8) is 0 Å². The zero-order valence-corrected chi connectivity index (χ0v) is 59.4. The van der Waals surface area contributed by atoms with E-state index in [9.17, 15) is 19.5 Å². The van der Waals surface area contributed by atoms with Crippen molar-refractivity contribution in [3.8, 4) is 0 Å². The Labute approximate surface area is 560 Å². The molecule has 0 rings (SSSR count). The van der Waals surface area contributed by atoms with E-state index in [0.717, 1.165) is 109 Å². The minimum atomic E-state index is -1.63. The number of carbonyl (C=O) groups excluding carboxylic acids is 3. The van der Waals surface area contributed by atoms with Gasteiger partial charge in [-0.25, -0.2) is 0 Å². The SMILES string of the molecule is CC/C=C\C/C=C\C/C=C\C/C=C\C/C=C\C/C=C\C/C=C\C/C=C\C/C=C\C/C=C\CCCCCCCCCCCCC(=O)OC(COC(=O)CCCCCCCCCCCCCCC/C=C\CCCCCCCCCC)COC(OCC[N+](C)(C)C)C(=O)[O-]. The number of nitrogens with zero attached hydrogens (tertiary/aromatic N) is 1. The normalized spacial score (nSPS) is 13.5. The number of rotatable bonds is 68. The minimum Gasteiger partial charge on any atom is -0.545 e.